The van der Waals surface area contributed by atoms with Gasteiger partial charge < -0.3 is 14.8 Å². The fourth-order valence-electron chi connectivity index (χ4n) is 2.20. The quantitative estimate of drug-likeness (QED) is 0.802. The van der Waals surface area contributed by atoms with Crippen LogP contribution in [0.15, 0.2) is 18.2 Å². The van der Waals surface area contributed by atoms with Crippen LogP contribution in [-0.2, 0) is 16.0 Å². The summed E-state index contributed by atoms with van der Waals surface area (Å²) in [6, 6.07) is 6.33. The van der Waals surface area contributed by atoms with Crippen molar-refractivity contribution in [3.8, 4) is 5.75 Å². The topological polar surface area (TPSA) is 47.6 Å². The Hall–Kier alpha value is -1.55. The number of hydrogen-bond donors (Lipinski definition) is 1. The van der Waals surface area contributed by atoms with Crippen molar-refractivity contribution in [2.45, 2.75) is 18.9 Å². The molecule has 0 spiro atoms. The van der Waals surface area contributed by atoms with Gasteiger partial charge in [-0.1, -0.05) is 6.07 Å². The molecule has 0 aliphatic heterocycles. The third-order valence-corrected chi connectivity index (χ3v) is 3.15. The molecule has 17 heavy (non-hydrogen) atoms. The van der Waals surface area contributed by atoms with E-state index in [0.29, 0.717) is 0 Å². The summed E-state index contributed by atoms with van der Waals surface area (Å²) in [5.74, 6) is 0.622. The van der Waals surface area contributed by atoms with Crippen LogP contribution < -0.4 is 10.1 Å². The normalized spacial score (nSPS) is 17.6. The fraction of sp³-hybridized carbons (Fsp3) is 0.462. The number of methoxy groups -OCH3 is 2. The molecule has 1 aliphatic carbocycles. The van der Waals surface area contributed by atoms with E-state index in [9.17, 15) is 4.79 Å². The van der Waals surface area contributed by atoms with Crippen LogP contribution in [0, 0.1) is 0 Å². The fourth-order valence-corrected chi connectivity index (χ4v) is 2.20. The molecular formula is C13H17NO3. The van der Waals surface area contributed by atoms with E-state index in [-0.39, 0.29) is 18.6 Å². The molecule has 1 aliphatic rings. The maximum atomic E-state index is 11.1. The summed E-state index contributed by atoms with van der Waals surface area (Å²) in [5.41, 5.74) is 2.56. The van der Waals surface area contributed by atoms with Gasteiger partial charge in [0.2, 0.25) is 0 Å². The number of benzene rings is 1. The molecule has 1 unspecified atom stereocenters. The van der Waals surface area contributed by atoms with Crippen molar-refractivity contribution in [1.82, 2.24) is 5.32 Å². The second-order valence-corrected chi connectivity index (χ2v) is 4.11. The lowest BCUT2D eigenvalue weighted by molar-refractivity contribution is -0.139. The number of fused-ring (bicyclic) bond motifs is 1. The Kier molecular flexibility index (Phi) is 3.64. The SMILES string of the molecule is COC(=O)CNC1CCc2ccc(OC)cc21. The second kappa shape index (κ2) is 5.19. The first-order valence-electron chi connectivity index (χ1n) is 5.71. The van der Waals surface area contributed by atoms with Crippen molar-refractivity contribution >= 4 is 5.97 Å². The Morgan fingerprint density at radius 2 is 2.29 bits per heavy atom. The molecule has 0 radical (unpaired) electrons. The molecule has 1 aromatic rings. The third-order valence-electron chi connectivity index (χ3n) is 3.15. The minimum absolute atomic E-state index is 0.221. The van der Waals surface area contributed by atoms with Gasteiger partial charge in [0.15, 0.2) is 0 Å². The van der Waals surface area contributed by atoms with Gasteiger partial charge in [-0.2, -0.15) is 0 Å². The molecule has 0 saturated heterocycles. The van der Waals surface area contributed by atoms with Gasteiger partial charge in [0, 0.05) is 6.04 Å². The minimum Gasteiger partial charge on any atom is -0.497 e. The second-order valence-electron chi connectivity index (χ2n) is 4.11. The molecule has 0 fully saturated rings. The van der Waals surface area contributed by atoms with Gasteiger partial charge in [0.25, 0.3) is 0 Å². The van der Waals surface area contributed by atoms with E-state index in [1.807, 2.05) is 12.1 Å². The van der Waals surface area contributed by atoms with Crippen LogP contribution in [0.2, 0.25) is 0 Å². The van der Waals surface area contributed by atoms with E-state index in [2.05, 4.69) is 16.1 Å². The van der Waals surface area contributed by atoms with E-state index in [1.54, 1.807) is 7.11 Å². The minimum atomic E-state index is -0.235. The van der Waals surface area contributed by atoms with Crippen LogP contribution in [-0.4, -0.2) is 26.7 Å². The Morgan fingerprint density at radius 3 is 3.00 bits per heavy atom. The van der Waals surface area contributed by atoms with Gasteiger partial charge in [0.1, 0.15) is 5.75 Å². The molecule has 0 amide bonds. The summed E-state index contributed by atoms with van der Waals surface area (Å²) in [5, 5.41) is 3.21. The van der Waals surface area contributed by atoms with Crippen molar-refractivity contribution in [1.29, 1.82) is 0 Å². The summed E-state index contributed by atoms with van der Waals surface area (Å²) in [6.07, 6.45) is 2.05. The van der Waals surface area contributed by atoms with E-state index >= 15 is 0 Å². The monoisotopic (exact) mass is 235 g/mol. The maximum Gasteiger partial charge on any atom is 0.319 e. The lowest BCUT2D eigenvalue weighted by Crippen LogP contribution is -2.27. The van der Waals surface area contributed by atoms with Gasteiger partial charge in [0.05, 0.1) is 20.8 Å². The molecule has 1 atom stereocenters. The highest BCUT2D eigenvalue weighted by atomic mass is 16.5. The summed E-state index contributed by atoms with van der Waals surface area (Å²) in [6.45, 7) is 0.248. The van der Waals surface area contributed by atoms with Crippen LogP contribution in [0.25, 0.3) is 0 Å². The molecule has 2 rings (SSSR count). The zero-order valence-corrected chi connectivity index (χ0v) is 10.2. The van der Waals surface area contributed by atoms with E-state index in [4.69, 9.17) is 4.74 Å². The first-order chi connectivity index (χ1) is 8.24. The molecule has 1 N–H and O–H groups in total. The highest BCUT2D eigenvalue weighted by Gasteiger charge is 2.23. The standard InChI is InChI=1S/C13H17NO3/c1-16-10-5-3-9-4-6-12(11(9)7-10)14-8-13(15)17-2/h3,5,7,12,14H,4,6,8H2,1-2H3. The van der Waals surface area contributed by atoms with Gasteiger partial charge in [-0.15, -0.1) is 0 Å². The first kappa shape index (κ1) is 11.9. The predicted molar refractivity (Wildman–Crippen MR) is 64.1 cm³/mol. The molecule has 0 heterocycles. The maximum absolute atomic E-state index is 11.1. The predicted octanol–water partition coefficient (Wildman–Crippen LogP) is 1.45. The largest absolute Gasteiger partial charge is 0.497 e. The first-order valence-corrected chi connectivity index (χ1v) is 5.71. The summed E-state index contributed by atoms with van der Waals surface area (Å²) in [4.78, 5) is 11.1. The van der Waals surface area contributed by atoms with Crippen molar-refractivity contribution in [3.05, 3.63) is 29.3 Å². The van der Waals surface area contributed by atoms with Gasteiger partial charge in [-0.25, -0.2) is 0 Å². The van der Waals surface area contributed by atoms with Crippen LogP contribution in [0.5, 0.6) is 5.75 Å². The number of esters is 1. The lowest BCUT2D eigenvalue weighted by Gasteiger charge is -2.13. The van der Waals surface area contributed by atoms with E-state index < -0.39 is 0 Å². The van der Waals surface area contributed by atoms with Crippen LogP contribution in [0.3, 0.4) is 0 Å². The van der Waals surface area contributed by atoms with Crippen molar-refractivity contribution in [2.24, 2.45) is 0 Å². The highest BCUT2D eigenvalue weighted by Crippen LogP contribution is 2.33. The van der Waals surface area contributed by atoms with Gasteiger partial charge >= 0.3 is 5.97 Å². The number of ether oxygens (including phenoxy) is 2. The Morgan fingerprint density at radius 1 is 1.47 bits per heavy atom. The number of carbonyl (C=O) groups excluding carboxylic acids is 1. The third kappa shape index (κ3) is 2.58. The van der Waals surface area contributed by atoms with Gasteiger partial charge in [-0.3, -0.25) is 4.79 Å². The van der Waals surface area contributed by atoms with Crippen molar-refractivity contribution < 1.29 is 14.3 Å². The Bertz CT molecular complexity index is 417. The van der Waals surface area contributed by atoms with Gasteiger partial charge in [-0.05, 0) is 36.1 Å². The molecule has 4 nitrogen and oxygen atoms in total. The zero-order chi connectivity index (χ0) is 12.3. The van der Waals surface area contributed by atoms with E-state index in [1.165, 1.54) is 18.2 Å². The highest BCUT2D eigenvalue weighted by molar-refractivity contribution is 5.71. The number of aryl methyl sites for hydroxylation is 1. The molecule has 92 valence electrons. The summed E-state index contributed by atoms with van der Waals surface area (Å²) >= 11 is 0. The van der Waals surface area contributed by atoms with Crippen LogP contribution in [0.4, 0.5) is 0 Å². The number of carbonyl (C=O) groups is 1. The molecule has 0 aromatic heterocycles. The summed E-state index contributed by atoms with van der Waals surface area (Å²) in [7, 11) is 3.06. The Labute approximate surface area is 101 Å². The zero-order valence-electron chi connectivity index (χ0n) is 10.2. The number of hydrogen-bond acceptors (Lipinski definition) is 4. The lowest BCUT2D eigenvalue weighted by atomic mass is 10.1. The number of nitrogens with one attached hydrogen (secondary N) is 1. The summed E-state index contributed by atoms with van der Waals surface area (Å²) < 4.78 is 9.83. The smallest absolute Gasteiger partial charge is 0.319 e. The molecule has 1 aromatic carbocycles. The Balaban J connectivity index is 2.07. The van der Waals surface area contributed by atoms with E-state index in [0.717, 1.165) is 18.6 Å². The van der Waals surface area contributed by atoms with Crippen molar-refractivity contribution in [3.63, 3.8) is 0 Å². The van der Waals surface area contributed by atoms with Crippen molar-refractivity contribution in [2.75, 3.05) is 20.8 Å². The molecular weight excluding hydrogens is 218 g/mol. The van der Waals surface area contributed by atoms with Crippen LogP contribution >= 0.6 is 0 Å². The number of rotatable bonds is 4. The van der Waals surface area contributed by atoms with Crippen LogP contribution in [0.1, 0.15) is 23.6 Å². The molecule has 0 bridgehead atoms. The average Bonchev–Trinajstić information content (AvgIpc) is 2.78. The average molecular weight is 235 g/mol. The molecule has 4 heteroatoms. The molecule has 0 saturated carbocycles.